The van der Waals surface area contributed by atoms with Crippen molar-refractivity contribution in [3.63, 3.8) is 0 Å². The number of anilines is 2. The van der Waals surface area contributed by atoms with E-state index in [-0.39, 0.29) is 86.5 Å². The molecule has 0 aliphatic heterocycles. The smallest absolute Gasteiger partial charge is 0.417 e. The number of carbonyl (C=O) groups is 7. The molecule has 0 bridgehead atoms. The molecule has 1 atom stereocenters. The summed E-state index contributed by atoms with van der Waals surface area (Å²) in [4.78, 5) is 90.0. The molecule has 0 spiro atoms. The molecule has 1 unspecified atom stereocenters. The minimum Gasteiger partial charge on any atom is -0.508 e. The lowest BCUT2D eigenvalue weighted by Crippen LogP contribution is -2.39. The zero-order valence-corrected chi connectivity index (χ0v) is 78.8. The van der Waals surface area contributed by atoms with E-state index < -0.39 is 59.0 Å². The maximum atomic E-state index is 13.8. The number of carboxylic acids is 1. The normalized spacial score (nSPS) is 11.2. The summed E-state index contributed by atoms with van der Waals surface area (Å²) < 4.78 is 43.0. The molecule has 692 valence electrons. The lowest BCUT2D eigenvalue weighted by atomic mass is 10.0. The molecule has 11 rings (SSSR count). The Labute approximate surface area is 777 Å². The number of thioether (sulfide) groups is 2. The minimum atomic E-state index is -0.947. The van der Waals surface area contributed by atoms with Gasteiger partial charge in [-0.2, -0.15) is 4.68 Å². The highest BCUT2D eigenvalue weighted by atomic mass is 32.2. The number of rotatable bonds is 44. The molecule has 0 saturated heterocycles. The molecule has 0 fully saturated rings. The first-order valence-electron chi connectivity index (χ1n) is 42.7. The van der Waals surface area contributed by atoms with E-state index in [0.717, 1.165) is 76.5 Å². The summed E-state index contributed by atoms with van der Waals surface area (Å²) in [7, 11) is 2.52. The molecular formula is C95H112N10O20S5. The van der Waals surface area contributed by atoms with Crippen molar-refractivity contribution in [2.24, 2.45) is 0 Å². The fourth-order valence-electron chi connectivity index (χ4n) is 13.4. The molecule has 30 nitrogen and oxygen atoms in total. The van der Waals surface area contributed by atoms with E-state index in [2.05, 4.69) is 49.6 Å². The van der Waals surface area contributed by atoms with Gasteiger partial charge in [-0.1, -0.05) is 222 Å². The van der Waals surface area contributed by atoms with Crippen molar-refractivity contribution < 1.29 is 97.4 Å². The summed E-state index contributed by atoms with van der Waals surface area (Å²) in [6, 6.07) is 39.7. The Morgan fingerprint density at radius 2 is 1.10 bits per heavy atom. The van der Waals surface area contributed by atoms with E-state index in [0.29, 0.717) is 95.7 Å². The van der Waals surface area contributed by atoms with E-state index in [1.807, 2.05) is 71.0 Å². The van der Waals surface area contributed by atoms with Gasteiger partial charge in [0.2, 0.25) is 10.5 Å². The number of esters is 2. The van der Waals surface area contributed by atoms with Gasteiger partial charge in [0, 0.05) is 40.2 Å². The number of nitrogens with one attached hydrogen (secondary N) is 3. The second-order valence-corrected chi connectivity index (χ2v) is 35.8. The molecule has 2 heterocycles. The number of ether oxygens (including phenoxy) is 7. The number of unbranched alkanes of at least 4 members (excludes halogenated alkanes) is 12. The van der Waals surface area contributed by atoms with Gasteiger partial charge in [0.15, 0.2) is 32.5 Å². The number of aryl methyl sites for hydroxylation is 7. The van der Waals surface area contributed by atoms with Crippen molar-refractivity contribution in [3.05, 3.63) is 189 Å². The van der Waals surface area contributed by atoms with Crippen LogP contribution < -0.4 is 39.6 Å². The van der Waals surface area contributed by atoms with Crippen molar-refractivity contribution in [2.45, 2.75) is 196 Å². The summed E-state index contributed by atoms with van der Waals surface area (Å²) >= 11 is 10.1. The Morgan fingerprint density at radius 3 is 1.74 bits per heavy atom. The van der Waals surface area contributed by atoms with E-state index in [4.69, 9.17) is 50.5 Å². The molecule has 0 radical (unpaired) electrons. The van der Waals surface area contributed by atoms with E-state index >= 15 is 0 Å². The van der Waals surface area contributed by atoms with Crippen LogP contribution in [-0.4, -0.2) is 165 Å². The molecule has 9 N–H and O–H groups in total. The van der Waals surface area contributed by atoms with Crippen LogP contribution >= 0.6 is 58.8 Å². The number of tetrazole rings is 1. The van der Waals surface area contributed by atoms with Crippen LogP contribution in [0, 0.1) is 46.3 Å². The molecule has 0 aliphatic rings. The number of hydrogen-bond acceptors (Lipinski definition) is 28. The topological polar surface area (TPSA) is 406 Å². The van der Waals surface area contributed by atoms with Gasteiger partial charge in [-0.05, 0) is 167 Å². The number of phenols is 5. The third-order valence-electron chi connectivity index (χ3n) is 20.4. The number of aromatic hydroxyl groups is 5. The van der Waals surface area contributed by atoms with E-state index in [9.17, 15) is 59.1 Å². The van der Waals surface area contributed by atoms with Gasteiger partial charge in [-0.25, -0.2) is 9.48 Å². The second-order valence-electron chi connectivity index (χ2n) is 30.6. The van der Waals surface area contributed by atoms with Crippen LogP contribution in [0.25, 0.3) is 21.5 Å². The summed E-state index contributed by atoms with van der Waals surface area (Å²) in [5, 5.41) is 89.0. The van der Waals surface area contributed by atoms with Gasteiger partial charge in [-0.3, -0.25) is 33.7 Å². The Hall–Kier alpha value is -12.3. The summed E-state index contributed by atoms with van der Waals surface area (Å²) in [5.74, 6) is -3.19. The quantitative estimate of drug-likeness (QED) is 0.00563. The first kappa shape index (κ1) is 101. The highest BCUT2D eigenvalue weighted by Crippen LogP contribution is 2.50. The monoisotopic (exact) mass is 1870 g/mol. The first-order valence-corrected chi connectivity index (χ1v) is 46.6. The second kappa shape index (κ2) is 51.2. The molecule has 0 aliphatic carbocycles. The molecule has 2 aromatic heterocycles. The summed E-state index contributed by atoms with van der Waals surface area (Å²) in [6.07, 6.45) is 16.4. The van der Waals surface area contributed by atoms with Gasteiger partial charge >= 0.3 is 24.0 Å². The number of phenolic OH excluding ortho intramolecular Hbond substituents is 5. The molecule has 35 heteroatoms. The van der Waals surface area contributed by atoms with Crippen molar-refractivity contribution >= 4 is 133 Å². The number of carbonyl (C=O) groups excluding carboxylic acids is 6. The number of fused-ring (bicyclic) bond motifs is 2. The third kappa shape index (κ3) is 29.9. The zero-order valence-electron chi connectivity index (χ0n) is 74.7. The molecule has 0 saturated carbocycles. The number of aliphatic carboxylic acids is 1. The van der Waals surface area contributed by atoms with Crippen LogP contribution in [0.15, 0.2) is 158 Å². The number of carboxylic acid groups (broad SMARTS) is 1. The predicted octanol–water partition coefficient (Wildman–Crippen LogP) is 20.5. The van der Waals surface area contributed by atoms with E-state index in [1.54, 1.807) is 98.2 Å². The number of methoxy groups -OCH3 is 2. The average Bonchev–Trinajstić information content (AvgIpc) is 0.916. The number of hydrogen-bond donors (Lipinski definition) is 9. The number of aromatic nitrogens is 6. The molecule has 11 aromatic rings. The SMILES string of the molecule is CCCCCCCCCCCCCCOc1ccccc1NC(=O)c1cc(OC(=O)N(CC(=O)OC)Cn2nnn(CCCC)c2=S)c2ccccc2c1O.COC(=O)C(C)Sc1nnc(Sc2c(C)cc(Oc3cc(C)c(O)cc3NC(=O)COc3ccc(C)cc3C)c(O)c2O)s1.Cc1ccc(OCCCNC(=O)c2cc(SCC(=O)O)c3ccccc3c2O)c(C)c1. The molecular weight excluding hydrogens is 1760 g/mol. The van der Waals surface area contributed by atoms with Gasteiger partial charge in [-0.15, -0.1) is 22.0 Å². The lowest BCUT2D eigenvalue weighted by molar-refractivity contribution is -0.142. The number of amides is 4. The van der Waals surface area contributed by atoms with Crippen LogP contribution in [-0.2, 0) is 41.9 Å². The van der Waals surface area contributed by atoms with Crippen LogP contribution in [0.4, 0.5) is 16.2 Å². The lowest BCUT2D eigenvalue weighted by Gasteiger charge is -2.21. The minimum absolute atomic E-state index is 0.00915. The maximum Gasteiger partial charge on any atom is 0.417 e. The molecule has 9 aromatic carbocycles. The van der Waals surface area contributed by atoms with Crippen molar-refractivity contribution in [1.82, 2.24) is 40.2 Å². The predicted molar refractivity (Wildman–Crippen MR) is 506 cm³/mol. The summed E-state index contributed by atoms with van der Waals surface area (Å²) in [5.41, 5.74) is 5.80. The number of para-hydroxylation sites is 2. The van der Waals surface area contributed by atoms with Crippen molar-refractivity contribution in [3.8, 4) is 63.2 Å². The van der Waals surface area contributed by atoms with Crippen LogP contribution in [0.1, 0.15) is 171 Å². The van der Waals surface area contributed by atoms with Gasteiger partial charge in [0.05, 0.1) is 60.6 Å². The molecule has 130 heavy (non-hydrogen) atoms. The largest absolute Gasteiger partial charge is 0.508 e. The Kier molecular flexibility index (Phi) is 39.9. The Bertz CT molecular complexity index is 5810. The van der Waals surface area contributed by atoms with Crippen molar-refractivity contribution in [2.75, 3.05) is 63.5 Å². The van der Waals surface area contributed by atoms with E-state index in [1.165, 1.54) is 136 Å². The highest BCUT2D eigenvalue weighted by molar-refractivity contribution is 8.04. The fourth-order valence-corrected chi connectivity index (χ4v) is 17.6. The standard InChI is InChI=1S/C41H56N6O7S.C30H31N3O8S3.C24H25NO5S/c1-4-6-8-9-10-11-12-13-14-15-16-21-27-53-35-25-20-19-24-34(35)42-39(50)33-28-36(31-22-17-18-23-32(31)38(33)49)54-41(51)45(29-37(48)52-3)30-47-40(55)46(43-44-47)26-7-5-2;1-14-7-8-21(16(3)9-14)40-13-24(35)31-19-12-20(34)15(2)10-22(19)41-23-11-17(4)27(26(37)25(23)36)43-30-33-32-29(44-30)42-18(5)28(38)39-6;1-15-8-9-20(16(2)12-15)30-11-5-10-25-24(29)19-13-21(31-14-22(26)27)17-6-3-4-7-18(17)23(19)28/h17-20,22-25,28,49H,4-16,21,26-27,29-30H2,1-3H3,(H,42,50);7-12,18,34,36-37H,13H2,1-6H3,(H,31,35);3-4,6-9,12-13,28H,5,10-11,14H2,1-2H3,(H,25,29)(H,26,27). The Balaban J connectivity index is 0.000000228. The van der Waals surface area contributed by atoms with Gasteiger partial charge < -0.3 is 79.7 Å². The highest BCUT2D eigenvalue weighted by Gasteiger charge is 2.29. The number of nitrogens with zero attached hydrogens (tertiary/aromatic N) is 7. The third-order valence-corrected chi connectivity index (χ3v) is 25.2. The van der Waals surface area contributed by atoms with Gasteiger partial charge in [0.25, 0.3) is 17.7 Å². The fraction of sp³-hybridized carbons (Fsp3) is 0.368. The van der Waals surface area contributed by atoms with Crippen molar-refractivity contribution in [1.29, 1.82) is 0 Å². The van der Waals surface area contributed by atoms with Crippen LogP contribution in [0.3, 0.4) is 0 Å². The zero-order chi connectivity index (χ0) is 93.9. The first-order chi connectivity index (χ1) is 62.5. The maximum absolute atomic E-state index is 13.8. The number of benzene rings is 9. The summed E-state index contributed by atoms with van der Waals surface area (Å²) in [6.45, 7) is 18.1. The van der Waals surface area contributed by atoms with Gasteiger partial charge in [0.1, 0.15) is 58.7 Å². The van der Waals surface area contributed by atoms with Crippen LogP contribution in [0.2, 0.25) is 0 Å². The molecule has 4 amide bonds. The van der Waals surface area contributed by atoms with Crippen LogP contribution in [0.5, 0.6) is 63.2 Å². The average molecular weight is 1870 g/mol. The Morgan fingerprint density at radius 1 is 0.531 bits per heavy atom.